The number of benzene rings is 1. The molecule has 1 rings (SSSR count). The van der Waals surface area contributed by atoms with E-state index in [-0.39, 0.29) is 12.2 Å². The zero-order chi connectivity index (χ0) is 9.14. The fraction of sp³-hybridized carbons (Fsp3) is 0.333. The molecule has 0 unspecified atom stereocenters. The van der Waals surface area contributed by atoms with E-state index in [2.05, 4.69) is 0 Å². The van der Waals surface area contributed by atoms with Gasteiger partial charge in [-0.3, -0.25) is 0 Å². The first kappa shape index (κ1) is 9.49. The SMILES string of the molecule is CCc1ccc(F)c(CO)c1Cl. The van der Waals surface area contributed by atoms with Gasteiger partial charge in [0.1, 0.15) is 5.82 Å². The Bertz CT molecular complexity index is 286. The summed E-state index contributed by atoms with van der Waals surface area (Å²) in [6.45, 7) is 1.58. The van der Waals surface area contributed by atoms with Crippen molar-refractivity contribution >= 4 is 11.6 Å². The first-order chi connectivity index (χ1) is 5.70. The fourth-order valence-corrected chi connectivity index (χ4v) is 1.41. The third-order valence-electron chi connectivity index (χ3n) is 1.81. The van der Waals surface area contributed by atoms with Gasteiger partial charge in [0.2, 0.25) is 0 Å². The largest absolute Gasteiger partial charge is 0.392 e. The van der Waals surface area contributed by atoms with Crippen LogP contribution < -0.4 is 0 Å². The van der Waals surface area contributed by atoms with Crippen LogP contribution in [0.2, 0.25) is 5.02 Å². The van der Waals surface area contributed by atoms with Crippen molar-refractivity contribution in [1.82, 2.24) is 0 Å². The third-order valence-corrected chi connectivity index (χ3v) is 2.28. The number of aryl methyl sites for hydroxylation is 1. The van der Waals surface area contributed by atoms with Crippen molar-refractivity contribution in [2.24, 2.45) is 0 Å². The minimum absolute atomic E-state index is 0.191. The van der Waals surface area contributed by atoms with Crippen LogP contribution in [0.1, 0.15) is 18.1 Å². The topological polar surface area (TPSA) is 20.2 Å². The molecule has 12 heavy (non-hydrogen) atoms. The lowest BCUT2D eigenvalue weighted by Crippen LogP contribution is -1.94. The van der Waals surface area contributed by atoms with Crippen LogP contribution >= 0.6 is 11.6 Å². The number of halogens is 2. The van der Waals surface area contributed by atoms with E-state index < -0.39 is 5.82 Å². The highest BCUT2D eigenvalue weighted by Gasteiger charge is 2.08. The molecule has 1 aromatic rings. The van der Waals surface area contributed by atoms with Crippen LogP contribution in [0.5, 0.6) is 0 Å². The van der Waals surface area contributed by atoms with Gasteiger partial charge >= 0.3 is 0 Å². The Labute approximate surface area is 75.8 Å². The molecule has 1 N–H and O–H groups in total. The highest BCUT2D eigenvalue weighted by Crippen LogP contribution is 2.24. The number of hydrogen-bond acceptors (Lipinski definition) is 1. The summed E-state index contributed by atoms with van der Waals surface area (Å²) < 4.78 is 12.9. The van der Waals surface area contributed by atoms with Crippen molar-refractivity contribution in [3.8, 4) is 0 Å². The van der Waals surface area contributed by atoms with E-state index in [1.807, 2.05) is 6.92 Å². The lowest BCUT2D eigenvalue weighted by molar-refractivity contribution is 0.275. The van der Waals surface area contributed by atoms with Crippen molar-refractivity contribution in [2.45, 2.75) is 20.0 Å². The maximum absolute atomic E-state index is 12.9. The number of rotatable bonds is 2. The van der Waals surface area contributed by atoms with E-state index in [9.17, 15) is 4.39 Å². The van der Waals surface area contributed by atoms with Crippen LogP contribution in [0.25, 0.3) is 0 Å². The second kappa shape index (κ2) is 3.87. The molecular weight excluding hydrogens is 179 g/mol. The molecule has 0 aliphatic heterocycles. The molecule has 0 spiro atoms. The molecule has 1 nitrogen and oxygen atoms in total. The summed E-state index contributed by atoms with van der Waals surface area (Å²) in [6, 6.07) is 2.97. The van der Waals surface area contributed by atoms with Crippen molar-refractivity contribution in [1.29, 1.82) is 0 Å². The van der Waals surface area contributed by atoms with Crippen LogP contribution in [-0.2, 0) is 13.0 Å². The molecule has 0 radical (unpaired) electrons. The Morgan fingerprint density at radius 3 is 2.67 bits per heavy atom. The van der Waals surface area contributed by atoms with Crippen LogP contribution in [0.15, 0.2) is 12.1 Å². The molecule has 0 atom stereocenters. The van der Waals surface area contributed by atoms with Gasteiger partial charge in [0.15, 0.2) is 0 Å². The van der Waals surface area contributed by atoms with E-state index in [0.717, 1.165) is 12.0 Å². The average molecular weight is 189 g/mol. The molecule has 0 saturated carbocycles. The molecule has 0 aliphatic carbocycles. The normalized spacial score (nSPS) is 10.3. The number of aliphatic hydroxyl groups is 1. The average Bonchev–Trinajstić information content (AvgIpc) is 2.06. The highest BCUT2D eigenvalue weighted by molar-refractivity contribution is 6.32. The molecule has 0 heterocycles. The zero-order valence-electron chi connectivity index (χ0n) is 6.77. The van der Waals surface area contributed by atoms with E-state index in [1.54, 1.807) is 6.07 Å². The molecule has 66 valence electrons. The van der Waals surface area contributed by atoms with Gasteiger partial charge in [0.25, 0.3) is 0 Å². The van der Waals surface area contributed by atoms with Gasteiger partial charge < -0.3 is 5.11 Å². The molecule has 0 aromatic heterocycles. The number of aliphatic hydroxyl groups excluding tert-OH is 1. The Balaban J connectivity index is 3.24. The summed E-state index contributed by atoms with van der Waals surface area (Å²) in [4.78, 5) is 0. The predicted octanol–water partition coefficient (Wildman–Crippen LogP) is 2.53. The van der Waals surface area contributed by atoms with Crippen molar-refractivity contribution in [3.63, 3.8) is 0 Å². The Morgan fingerprint density at radius 1 is 1.50 bits per heavy atom. The minimum atomic E-state index is -0.445. The Kier molecular flexibility index (Phi) is 3.06. The van der Waals surface area contributed by atoms with Crippen LogP contribution in [0.4, 0.5) is 4.39 Å². The van der Waals surface area contributed by atoms with E-state index in [0.29, 0.717) is 5.02 Å². The third kappa shape index (κ3) is 1.59. The van der Waals surface area contributed by atoms with Crippen LogP contribution in [-0.4, -0.2) is 5.11 Å². The second-order valence-corrected chi connectivity index (χ2v) is 2.89. The Morgan fingerprint density at radius 2 is 2.17 bits per heavy atom. The van der Waals surface area contributed by atoms with Crippen molar-refractivity contribution in [3.05, 3.63) is 34.1 Å². The summed E-state index contributed by atoms with van der Waals surface area (Å²) >= 11 is 5.81. The lowest BCUT2D eigenvalue weighted by Gasteiger charge is -2.06. The molecule has 0 fully saturated rings. The molecule has 3 heteroatoms. The van der Waals surface area contributed by atoms with E-state index >= 15 is 0 Å². The van der Waals surface area contributed by atoms with Gasteiger partial charge in [0, 0.05) is 5.56 Å². The smallest absolute Gasteiger partial charge is 0.130 e. The summed E-state index contributed by atoms with van der Waals surface area (Å²) in [6.07, 6.45) is 0.742. The van der Waals surface area contributed by atoms with Gasteiger partial charge in [-0.2, -0.15) is 0 Å². The van der Waals surface area contributed by atoms with E-state index in [4.69, 9.17) is 16.7 Å². The first-order valence-corrected chi connectivity index (χ1v) is 4.15. The van der Waals surface area contributed by atoms with Crippen molar-refractivity contribution in [2.75, 3.05) is 0 Å². The van der Waals surface area contributed by atoms with Gasteiger partial charge in [-0.05, 0) is 18.1 Å². The molecular formula is C9H10ClFO. The molecule has 0 amide bonds. The quantitative estimate of drug-likeness (QED) is 0.756. The highest BCUT2D eigenvalue weighted by atomic mass is 35.5. The molecule has 0 bridgehead atoms. The van der Waals surface area contributed by atoms with Gasteiger partial charge in [-0.25, -0.2) is 4.39 Å². The summed E-state index contributed by atoms with van der Waals surface area (Å²) in [5.74, 6) is -0.445. The standard InChI is InChI=1S/C9H10ClFO/c1-2-6-3-4-8(11)7(5-12)9(6)10/h3-4,12H,2,5H2,1H3. The number of hydrogen-bond donors (Lipinski definition) is 1. The zero-order valence-corrected chi connectivity index (χ0v) is 7.53. The molecule has 0 saturated heterocycles. The summed E-state index contributed by atoms with van der Waals surface area (Å²) in [5, 5.41) is 9.14. The summed E-state index contributed by atoms with van der Waals surface area (Å²) in [7, 11) is 0. The Hall–Kier alpha value is -0.600. The predicted molar refractivity (Wildman–Crippen MR) is 46.7 cm³/mol. The van der Waals surface area contributed by atoms with Gasteiger partial charge in [-0.1, -0.05) is 24.6 Å². The lowest BCUT2D eigenvalue weighted by atomic mass is 10.1. The van der Waals surface area contributed by atoms with Crippen molar-refractivity contribution < 1.29 is 9.50 Å². The summed E-state index contributed by atoms with van der Waals surface area (Å²) in [5.41, 5.74) is 1.05. The first-order valence-electron chi connectivity index (χ1n) is 3.77. The van der Waals surface area contributed by atoms with Gasteiger partial charge in [-0.15, -0.1) is 0 Å². The monoisotopic (exact) mass is 188 g/mol. The maximum atomic E-state index is 12.9. The maximum Gasteiger partial charge on any atom is 0.130 e. The molecule has 1 aromatic carbocycles. The minimum Gasteiger partial charge on any atom is -0.392 e. The molecule has 0 aliphatic rings. The van der Waals surface area contributed by atoms with Gasteiger partial charge in [0.05, 0.1) is 11.6 Å². The van der Waals surface area contributed by atoms with E-state index in [1.165, 1.54) is 6.07 Å². The van der Waals surface area contributed by atoms with Crippen LogP contribution in [0.3, 0.4) is 0 Å². The fourth-order valence-electron chi connectivity index (χ4n) is 1.06. The second-order valence-electron chi connectivity index (χ2n) is 2.51. The van der Waals surface area contributed by atoms with Crippen LogP contribution in [0, 0.1) is 5.82 Å².